The largest absolute Gasteiger partial charge is 0.384 e. The van der Waals surface area contributed by atoms with Gasteiger partial charge >= 0.3 is 0 Å². The molecule has 1 unspecified atom stereocenters. The third-order valence-corrected chi connectivity index (χ3v) is 3.37. The second kappa shape index (κ2) is 5.02. The van der Waals surface area contributed by atoms with Gasteiger partial charge in [0.2, 0.25) is 5.91 Å². The number of aliphatic hydroxyl groups is 1. The Bertz CT molecular complexity index is 569. The van der Waals surface area contributed by atoms with E-state index in [0.717, 1.165) is 6.42 Å². The SMILES string of the molecule is CC1(C)CC1C(=O)Nc1ccc(F)cc1C#CCO. The first kappa shape index (κ1) is 13.6. The first-order valence-corrected chi connectivity index (χ1v) is 6.14. The standard InChI is InChI=1S/C15H16FNO2/c1-15(2)9-12(15)14(19)17-13-6-5-11(16)8-10(13)4-3-7-18/h5-6,8,12,18H,7,9H2,1-2H3,(H,17,19). The lowest BCUT2D eigenvalue weighted by molar-refractivity contribution is -0.118. The van der Waals surface area contributed by atoms with Gasteiger partial charge in [-0.1, -0.05) is 25.7 Å². The van der Waals surface area contributed by atoms with E-state index in [1.54, 1.807) is 0 Å². The van der Waals surface area contributed by atoms with Gasteiger partial charge in [0.1, 0.15) is 12.4 Å². The molecule has 0 aliphatic heterocycles. The Labute approximate surface area is 111 Å². The lowest BCUT2D eigenvalue weighted by Gasteiger charge is -2.08. The number of halogens is 1. The van der Waals surface area contributed by atoms with Crippen LogP contribution < -0.4 is 5.32 Å². The molecule has 19 heavy (non-hydrogen) atoms. The molecule has 100 valence electrons. The highest BCUT2D eigenvalue weighted by molar-refractivity contribution is 5.96. The fourth-order valence-electron chi connectivity index (χ4n) is 2.00. The van der Waals surface area contributed by atoms with Crippen LogP contribution in [0.4, 0.5) is 10.1 Å². The van der Waals surface area contributed by atoms with Gasteiger partial charge in [0.25, 0.3) is 0 Å². The van der Waals surface area contributed by atoms with Crippen LogP contribution in [0.5, 0.6) is 0 Å². The molecule has 2 rings (SSSR count). The normalized spacial score (nSPS) is 19.3. The van der Waals surface area contributed by atoms with Crippen LogP contribution in [-0.2, 0) is 4.79 Å². The number of hydrogen-bond acceptors (Lipinski definition) is 2. The lowest BCUT2D eigenvalue weighted by Crippen LogP contribution is -2.17. The molecule has 0 spiro atoms. The number of carbonyl (C=O) groups is 1. The fraction of sp³-hybridized carbons (Fsp3) is 0.400. The number of nitrogens with one attached hydrogen (secondary N) is 1. The molecule has 1 aromatic rings. The average Bonchev–Trinajstić information content (AvgIpc) is 2.99. The minimum atomic E-state index is -0.424. The molecular formula is C15H16FNO2. The van der Waals surface area contributed by atoms with Gasteiger partial charge in [0, 0.05) is 5.92 Å². The summed E-state index contributed by atoms with van der Waals surface area (Å²) in [5.41, 5.74) is 0.900. The van der Waals surface area contributed by atoms with Gasteiger partial charge in [0.15, 0.2) is 0 Å². The fourth-order valence-corrected chi connectivity index (χ4v) is 2.00. The molecule has 4 heteroatoms. The van der Waals surface area contributed by atoms with Crippen LogP contribution in [0.3, 0.4) is 0 Å². The van der Waals surface area contributed by atoms with Gasteiger partial charge in [-0.05, 0) is 30.0 Å². The third-order valence-electron chi connectivity index (χ3n) is 3.37. The van der Waals surface area contributed by atoms with Crippen molar-refractivity contribution in [2.45, 2.75) is 20.3 Å². The van der Waals surface area contributed by atoms with Gasteiger partial charge in [0.05, 0.1) is 11.3 Å². The van der Waals surface area contributed by atoms with Crippen molar-refractivity contribution in [3.8, 4) is 11.8 Å². The van der Waals surface area contributed by atoms with Gasteiger partial charge in [-0.3, -0.25) is 4.79 Å². The Kier molecular flexibility index (Phi) is 3.59. The van der Waals surface area contributed by atoms with Crippen molar-refractivity contribution in [1.29, 1.82) is 0 Å². The molecule has 0 radical (unpaired) electrons. The summed E-state index contributed by atoms with van der Waals surface area (Å²) in [5.74, 6) is 4.59. The summed E-state index contributed by atoms with van der Waals surface area (Å²) in [7, 11) is 0. The van der Waals surface area contributed by atoms with Crippen LogP contribution in [0.15, 0.2) is 18.2 Å². The van der Waals surface area contributed by atoms with E-state index in [1.807, 2.05) is 13.8 Å². The van der Waals surface area contributed by atoms with Crippen LogP contribution in [0, 0.1) is 29.0 Å². The van der Waals surface area contributed by atoms with E-state index in [9.17, 15) is 9.18 Å². The Hall–Kier alpha value is -1.86. The minimum Gasteiger partial charge on any atom is -0.384 e. The van der Waals surface area contributed by atoms with E-state index >= 15 is 0 Å². The summed E-state index contributed by atoms with van der Waals surface area (Å²) < 4.78 is 13.2. The molecule has 1 aliphatic carbocycles. The Morgan fingerprint density at radius 2 is 2.26 bits per heavy atom. The summed E-state index contributed by atoms with van der Waals surface area (Å²) in [4.78, 5) is 12.0. The van der Waals surface area contributed by atoms with E-state index < -0.39 is 5.82 Å². The quantitative estimate of drug-likeness (QED) is 0.801. The molecule has 1 atom stereocenters. The first-order chi connectivity index (χ1) is 8.94. The van der Waals surface area contributed by atoms with Gasteiger partial charge in [-0.2, -0.15) is 0 Å². The molecule has 1 fully saturated rings. The maximum atomic E-state index is 13.2. The summed E-state index contributed by atoms with van der Waals surface area (Å²) in [6.07, 6.45) is 0.859. The predicted octanol–water partition coefficient (Wildman–Crippen LogP) is 2.15. The van der Waals surface area contributed by atoms with Crippen molar-refractivity contribution in [3.63, 3.8) is 0 Å². The molecular weight excluding hydrogens is 245 g/mol. The summed E-state index contributed by atoms with van der Waals surface area (Å²) in [6, 6.07) is 4.01. The Balaban J connectivity index is 2.18. The van der Waals surface area contributed by atoms with E-state index in [4.69, 9.17) is 5.11 Å². The molecule has 1 amide bonds. The molecule has 1 saturated carbocycles. The molecule has 1 aromatic carbocycles. The number of benzene rings is 1. The van der Waals surface area contributed by atoms with Crippen molar-refractivity contribution in [2.24, 2.45) is 11.3 Å². The van der Waals surface area contributed by atoms with Crippen molar-refractivity contribution >= 4 is 11.6 Å². The number of rotatable bonds is 2. The second-order valence-electron chi connectivity index (χ2n) is 5.38. The average molecular weight is 261 g/mol. The zero-order valence-electron chi connectivity index (χ0n) is 11.0. The molecule has 0 saturated heterocycles. The minimum absolute atomic E-state index is 0.00351. The topological polar surface area (TPSA) is 49.3 Å². The molecule has 3 nitrogen and oxygen atoms in total. The number of amides is 1. The van der Waals surface area contributed by atoms with Crippen LogP contribution in [-0.4, -0.2) is 17.6 Å². The lowest BCUT2D eigenvalue weighted by atomic mass is 10.1. The Morgan fingerprint density at radius 1 is 1.58 bits per heavy atom. The van der Waals surface area contributed by atoms with Crippen molar-refractivity contribution in [2.75, 3.05) is 11.9 Å². The maximum absolute atomic E-state index is 13.2. The van der Waals surface area contributed by atoms with Crippen molar-refractivity contribution in [1.82, 2.24) is 0 Å². The van der Waals surface area contributed by atoms with Gasteiger partial charge < -0.3 is 10.4 Å². The highest BCUT2D eigenvalue weighted by atomic mass is 19.1. The monoisotopic (exact) mass is 261 g/mol. The molecule has 2 N–H and O–H groups in total. The molecule has 1 aliphatic rings. The summed E-state index contributed by atoms with van der Waals surface area (Å²) in [5, 5.41) is 11.5. The van der Waals surface area contributed by atoms with Crippen LogP contribution in [0.25, 0.3) is 0 Å². The number of anilines is 1. The van der Waals surface area contributed by atoms with Crippen LogP contribution in [0.2, 0.25) is 0 Å². The number of carbonyl (C=O) groups excluding carboxylic acids is 1. The third kappa shape index (κ3) is 3.12. The highest BCUT2D eigenvalue weighted by Gasteiger charge is 2.50. The Morgan fingerprint density at radius 3 is 2.84 bits per heavy atom. The van der Waals surface area contributed by atoms with Gasteiger partial charge in [-0.15, -0.1) is 0 Å². The summed E-state index contributed by atoms with van der Waals surface area (Å²) in [6.45, 7) is 3.77. The van der Waals surface area contributed by atoms with Crippen LogP contribution >= 0.6 is 0 Å². The van der Waals surface area contributed by atoms with Crippen molar-refractivity contribution in [3.05, 3.63) is 29.6 Å². The van der Waals surface area contributed by atoms with E-state index in [0.29, 0.717) is 11.3 Å². The zero-order chi connectivity index (χ0) is 14.0. The molecule has 0 bridgehead atoms. The van der Waals surface area contributed by atoms with Crippen LogP contribution in [0.1, 0.15) is 25.8 Å². The number of hydrogen-bond donors (Lipinski definition) is 2. The summed E-state index contributed by atoms with van der Waals surface area (Å²) >= 11 is 0. The van der Waals surface area contributed by atoms with Gasteiger partial charge in [-0.25, -0.2) is 4.39 Å². The maximum Gasteiger partial charge on any atom is 0.228 e. The predicted molar refractivity (Wildman–Crippen MR) is 70.9 cm³/mol. The zero-order valence-corrected chi connectivity index (χ0v) is 11.0. The van der Waals surface area contributed by atoms with Crippen molar-refractivity contribution < 1.29 is 14.3 Å². The molecule has 0 heterocycles. The second-order valence-corrected chi connectivity index (χ2v) is 5.38. The highest BCUT2D eigenvalue weighted by Crippen LogP contribution is 2.52. The smallest absolute Gasteiger partial charge is 0.228 e. The van der Waals surface area contributed by atoms with E-state index in [2.05, 4.69) is 17.2 Å². The number of aliphatic hydroxyl groups excluding tert-OH is 1. The first-order valence-electron chi connectivity index (χ1n) is 6.14. The molecule has 0 aromatic heterocycles. The van der Waals surface area contributed by atoms with E-state index in [1.165, 1.54) is 18.2 Å². The van der Waals surface area contributed by atoms with E-state index in [-0.39, 0.29) is 23.8 Å².